The number of halogens is 3. The van der Waals surface area contributed by atoms with Gasteiger partial charge in [0.2, 0.25) is 16.5 Å². The number of aliphatic hydroxyl groups excluding tert-OH is 2. The van der Waals surface area contributed by atoms with Crippen LogP contribution in [0.2, 0.25) is 5.02 Å². The molecule has 3 fully saturated rings. The lowest BCUT2D eigenvalue weighted by Crippen LogP contribution is -2.62. The fourth-order valence-electron chi connectivity index (χ4n) is 22.6. The Morgan fingerprint density at radius 3 is 2.14 bits per heavy atom. The number of furan rings is 2. The van der Waals surface area contributed by atoms with Gasteiger partial charge in [-0.3, -0.25) is 29.6 Å². The number of thioether (sulfide) groups is 2. The number of H-pyrrole nitrogens is 1. The van der Waals surface area contributed by atoms with Gasteiger partial charge in [0.1, 0.15) is 44.4 Å². The summed E-state index contributed by atoms with van der Waals surface area (Å²) in [6, 6.07) is 62.9. The average Bonchev–Trinajstić information content (AvgIpc) is 1.55. The molecule has 10 heterocycles. The molecule has 9 N–H and O–H groups in total. The number of likely N-dealkylation sites (N-methyl/N-ethyl adjacent to an activating group) is 1. The van der Waals surface area contributed by atoms with Gasteiger partial charge in [-0.05, 0) is 273 Å². The van der Waals surface area contributed by atoms with Gasteiger partial charge in [0, 0.05) is 101 Å². The second-order valence-electron chi connectivity index (χ2n) is 39.8. The smallest absolute Gasteiger partial charge is 0.326 e. The number of nitrogens with zero attached hydrogens (tertiary/aromatic N) is 6. The number of aliphatic carboxylic acids is 2. The first-order chi connectivity index (χ1) is 70.0. The highest BCUT2D eigenvalue weighted by atomic mass is 127. The third kappa shape index (κ3) is 19.8. The van der Waals surface area contributed by atoms with Crippen LogP contribution in [0.3, 0.4) is 0 Å². The maximum atomic E-state index is 12.8. The number of fused-ring (bicyclic) bond motifs is 16. The number of hydrogen-bond donors (Lipinski definition) is 9. The molecule has 5 aromatic heterocycles. The number of ether oxygens (including phenoxy) is 2. The molecule has 30 heteroatoms. The number of rotatable bonds is 12. The number of pyridine rings is 1. The van der Waals surface area contributed by atoms with Gasteiger partial charge in [0.25, 0.3) is 11.8 Å². The van der Waals surface area contributed by atoms with Crippen LogP contribution in [0.15, 0.2) is 312 Å². The Morgan fingerprint density at radius 2 is 1.44 bits per heavy atom. The largest absolute Gasteiger partial charge is 0.508 e. The molecule has 752 valence electrons. The number of phenols is 1. The minimum absolute atomic E-state index is 0. The van der Waals surface area contributed by atoms with E-state index in [0.717, 1.165) is 154 Å². The van der Waals surface area contributed by atoms with Crippen LogP contribution in [-0.4, -0.2) is 105 Å². The van der Waals surface area contributed by atoms with Gasteiger partial charge in [0.05, 0.1) is 63.1 Å². The lowest BCUT2D eigenvalue weighted by atomic mass is 9.34. The third-order valence-electron chi connectivity index (χ3n) is 30.9. The van der Waals surface area contributed by atoms with Crippen LogP contribution in [-0.2, 0) is 43.5 Å². The summed E-state index contributed by atoms with van der Waals surface area (Å²) in [4.78, 5) is 84.9. The topological polar surface area (TPSA) is 350 Å². The number of carboxylic acids is 2. The zero-order valence-corrected chi connectivity index (χ0v) is 88.6. The molecule has 0 saturated heterocycles. The van der Waals surface area contributed by atoms with Gasteiger partial charge in [-0.2, -0.15) is 5.10 Å². The highest BCUT2D eigenvalue weighted by Crippen LogP contribution is 2.76. The summed E-state index contributed by atoms with van der Waals surface area (Å²) in [5, 5.41) is 61.6. The van der Waals surface area contributed by atoms with E-state index in [1.54, 1.807) is 79.2 Å². The first-order valence-electron chi connectivity index (χ1n) is 48.3. The molecular formula is C117H111BrClIN10O14S3. The summed E-state index contributed by atoms with van der Waals surface area (Å²) < 4.78 is 25.3. The average molecular weight is 2220 g/mol. The van der Waals surface area contributed by atoms with E-state index in [-0.39, 0.29) is 76.6 Å². The fraction of sp³-hybridized carbons (Fsp3) is 0.274. The van der Waals surface area contributed by atoms with E-state index in [1.807, 2.05) is 148 Å². The van der Waals surface area contributed by atoms with Gasteiger partial charge in [-0.1, -0.05) is 231 Å². The van der Waals surface area contributed by atoms with Crippen molar-refractivity contribution in [2.45, 2.75) is 155 Å². The molecule has 13 aromatic rings. The van der Waals surface area contributed by atoms with Crippen LogP contribution >= 0.6 is 85.9 Å². The molecule has 3 saturated carbocycles. The number of para-hydroxylation sites is 1. The Balaban J connectivity index is 0.000000117. The molecule has 24 nitrogen and oxygen atoms in total. The van der Waals surface area contributed by atoms with E-state index in [9.17, 15) is 49.5 Å². The fourth-order valence-corrected chi connectivity index (χ4v) is 26.1. The number of phenolic OH excluding ortho intramolecular Hbond substituents is 1. The summed E-state index contributed by atoms with van der Waals surface area (Å²) in [7, 11) is 1.80. The van der Waals surface area contributed by atoms with Crippen LogP contribution in [0.1, 0.15) is 167 Å². The number of carbonyl (C=O) groups is 5. The number of aliphatic hydroxyl groups is 2. The van der Waals surface area contributed by atoms with Crippen molar-refractivity contribution in [3.8, 4) is 68.6 Å². The van der Waals surface area contributed by atoms with E-state index >= 15 is 0 Å². The maximum Gasteiger partial charge on any atom is 0.326 e. The molecule has 0 radical (unpaired) electrons. The molecule has 11 aliphatic rings. The van der Waals surface area contributed by atoms with Crippen molar-refractivity contribution in [1.82, 2.24) is 35.7 Å². The summed E-state index contributed by atoms with van der Waals surface area (Å²) in [6.07, 6.45) is 24.0. The monoisotopic (exact) mass is 2220 g/mol. The number of hydrazone groups is 1. The van der Waals surface area contributed by atoms with Gasteiger partial charge >= 0.3 is 11.9 Å². The first-order valence-corrected chi connectivity index (χ1v) is 52.6. The minimum Gasteiger partial charge on any atom is -0.508 e. The van der Waals surface area contributed by atoms with Crippen molar-refractivity contribution >= 4 is 143 Å². The van der Waals surface area contributed by atoms with Crippen molar-refractivity contribution < 1.29 is 67.8 Å². The molecule has 4 unspecified atom stereocenters. The molecule has 8 aromatic carbocycles. The predicted octanol–water partition coefficient (Wildman–Crippen LogP) is 27.2. The molecule has 147 heavy (non-hydrogen) atoms. The van der Waals surface area contributed by atoms with Crippen LogP contribution < -0.4 is 30.4 Å². The number of carbonyl (C=O) groups excluding carboxylic acids is 3. The van der Waals surface area contributed by atoms with Crippen molar-refractivity contribution in [3.05, 3.63) is 362 Å². The normalized spacial score (nSPS) is 23.3. The Bertz CT molecular complexity index is 7710. The Labute approximate surface area is 893 Å². The zero-order valence-electron chi connectivity index (χ0n) is 81.6. The molecule has 5 aliphatic heterocycles. The van der Waals surface area contributed by atoms with Crippen molar-refractivity contribution in [1.29, 1.82) is 0 Å². The standard InChI is InChI=1S/C29H38O4.C26H21N3O3.C18H15N3O2S.C16H12BrN3OS.C14H9ClO2S.C13H12INO2.CH4/c1-17-18-7-8-21-27(4,19(18)15-20(30)23(17)31)12-14-29(6)22-16-26(3,24(32)33)10-9-25(22,2)11-13-28(21,29)5;1-17-6-8-18(9-7-17)12-13-27-26(30)19-10-11-20-21(16-19)29-25(23-5-3-15-32-23)24(28-20)22-4-2-14-31-22;1-10-15-13(12(9-22)8-19-10)7-14-17(23-15)20-16(21-18(14)24)11-5-3-2-4-6-11;1-20-13-8-7-11(17)9-12(13)16(15(20)21)19-18-14(22-16)10-5-3-2-4-6-10;1-8-17-14-12(6-11(16)7-13(14)18-8)9-3-2-4-10(15)5-9;14-10-6-2-5-8-7-3-1-4-9(7)12(13(16)17)15-11(8)10;/h7-8,15,22,31H,9-14,16H2,1-6H3,(H,32,33);2-11,14-16H,12-13H2,1H3,(H,27,30);2-6,8,22H,7,9H2,1H3,(H,20,21,24);2-9,19H,1H3;2-7,16H,1H2;1-3,5-7,9,12,15H,4H2,(H,16,17);1H4/t22-,25-,26-,27+,28-,29+;;;;;;/m1....../s1. The van der Waals surface area contributed by atoms with Gasteiger partial charge < -0.3 is 64.4 Å². The molecule has 24 rings (SSSR count). The summed E-state index contributed by atoms with van der Waals surface area (Å²) in [5.41, 5.74) is 22.8. The van der Waals surface area contributed by atoms with Gasteiger partial charge in [-0.25, -0.2) is 19.7 Å². The van der Waals surface area contributed by atoms with Crippen LogP contribution in [0.5, 0.6) is 23.1 Å². The number of nitrogens with one attached hydrogen (secondary N) is 4. The number of aromatic hydroxyl groups is 1. The second kappa shape index (κ2) is 41.8. The summed E-state index contributed by atoms with van der Waals surface area (Å²) >= 11 is 20.1. The number of aryl methyl sites for hydroxylation is 2. The number of ketones is 1. The van der Waals surface area contributed by atoms with Crippen LogP contribution in [0.4, 0.5) is 11.4 Å². The van der Waals surface area contributed by atoms with Crippen molar-refractivity contribution in [2.24, 2.45) is 44.0 Å². The minimum atomic E-state index is -0.862. The quantitative estimate of drug-likeness (QED) is 0.0312. The number of carboxylic acid groups (broad SMARTS) is 2. The SMILES string of the molecule is C.C=C1Oc2c(cc(O)cc2-c2cccc(Cl)c2)S1.CC1=C(O)C(=O)C=C2C1=CC=C1[C@@]2(C)CC[C@@]2(C)[C@@H]3C[C@](C)(C(=O)O)CC[C@]3(C)CC[C@]12C.CN1C(=O)C2(NN=C(c3ccccc3)S2)c2cc(Br)ccc21.Cc1ccc(CCNC(=O)c2ccc3nc(-c4ccco4)c(-c4ccco4)nc3c2)cc1.Cc1ncc(CO)c2c1Oc1[nH]c(-c3ccccc3)nc(=S)c1C2.O=C(O)C1Nc2c(I)cccc2C2C=CCC12. The second-order valence-corrected chi connectivity index (χ2v) is 45.0. The molecular weight excluding hydrogens is 2110 g/mol. The van der Waals surface area contributed by atoms with Crippen LogP contribution in [0.25, 0.3) is 56.5 Å². The van der Waals surface area contributed by atoms with Crippen LogP contribution in [0, 0.1) is 61.0 Å². The number of hydrogen-bond acceptors (Lipinski definition) is 22. The Hall–Kier alpha value is -13.3. The lowest BCUT2D eigenvalue weighted by Gasteiger charge is -2.70. The van der Waals surface area contributed by atoms with E-state index in [1.165, 1.54) is 45.8 Å². The predicted molar refractivity (Wildman–Crippen MR) is 591 cm³/mol. The number of amides is 2. The van der Waals surface area contributed by atoms with E-state index in [4.69, 9.17) is 52.1 Å². The van der Waals surface area contributed by atoms with E-state index < -0.39 is 28.3 Å². The first kappa shape index (κ1) is 104. The lowest BCUT2D eigenvalue weighted by molar-refractivity contribution is -0.178. The van der Waals surface area contributed by atoms with Crippen molar-refractivity contribution in [2.75, 3.05) is 23.8 Å². The number of aromatic nitrogens is 5. The molecule has 1 spiro atoms. The highest BCUT2D eigenvalue weighted by molar-refractivity contribution is 14.1. The number of aromatic amines is 1. The molecule has 0 bridgehead atoms. The molecule has 2 amide bonds. The summed E-state index contributed by atoms with van der Waals surface area (Å²) in [6.45, 7) is 21.5. The van der Waals surface area contributed by atoms with Gasteiger partial charge in [0.15, 0.2) is 28.1 Å². The highest BCUT2D eigenvalue weighted by Gasteiger charge is 2.68. The van der Waals surface area contributed by atoms with Crippen molar-refractivity contribution in [3.63, 3.8) is 0 Å². The van der Waals surface area contributed by atoms with Gasteiger partial charge in [-0.15, -0.1) is 0 Å². The number of allylic oxidation sites excluding steroid dienone is 9. The third-order valence-corrected chi connectivity index (χ3v) is 35.0. The maximum absolute atomic E-state index is 12.8. The summed E-state index contributed by atoms with van der Waals surface area (Å²) in [5.74, 6) is 2.84. The van der Waals surface area contributed by atoms with E-state index in [0.29, 0.717) is 96.2 Å². The Morgan fingerprint density at radius 1 is 0.741 bits per heavy atom. The number of anilines is 2. The zero-order chi connectivity index (χ0) is 103. The number of benzene rings is 8. The van der Waals surface area contributed by atoms with E-state index in [2.05, 4.69) is 170 Å². The molecule has 10 atom stereocenters. The molecule has 6 aliphatic carbocycles. The Kier molecular flexibility index (Phi) is 29.5.